The number of imidazole rings is 1. The topological polar surface area (TPSA) is 150 Å². The number of anilines is 2. The molecule has 4 aromatic rings. The van der Waals surface area contributed by atoms with Crippen LogP contribution in [0.15, 0.2) is 46.5 Å². The number of alkyl halides is 3. The van der Waals surface area contributed by atoms with Gasteiger partial charge in [0.1, 0.15) is 24.2 Å². The number of rotatable bonds is 7. The number of pyridine rings is 1. The largest absolute Gasteiger partial charge is 0.408 e. The molecule has 0 radical (unpaired) electrons. The van der Waals surface area contributed by atoms with E-state index in [1.54, 1.807) is 12.1 Å². The maximum atomic E-state index is 13.3. The van der Waals surface area contributed by atoms with E-state index in [1.165, 1.54) is 43.3 Å². The Balaban J connectivity index is 1.33. The molecule has 16 heteroatoms. The number of halogens is 3. The van der Waals surface area contributed by atoms with Gasteiger partial charge < -0.3 is 14.8 Å². The van der Waals surface area contributed by atoms with Gasteiger partial charge in [-0.15, -0.1) is 0 Å². The number of aryl methyl sites for hydroxylation is 1. The summed E-state index contributed by atoms with van der Waals surface area (Å²) in [6, 6.07) is 3.16. The van der Waals surface area contributed by atoms with Crippen molar-refractivity contribution in [2.75, 3.05) is 16.8 Å². The highest BCUT2D eigenvalue weighted by molar-refractivity contribution is 5.90. The van der Waals surface area contributed by atoms with Crippen molar-refractivity contribution in [2.45, 2.75) is 45.1 Å². The van der Waals surface area contributed by atoms with Gasteiger partial charge in [-0.3, -0.25) is 23.5 Å². The predicted molar refractivity (Wildman–Crippen MR) is 140 cm³/mol. The summed E-state index contributed by atoms with van der Waals surface area (Å²) >= 11 is 0. The van der Waals surface area contributed by atoms with Crippen molar-refractivity contribution in [3.05, 3.63) is 57.8 Å². The third-order valence-corrected chi connectivity index (χ3v) is 6.63. The van der Waals surface area contributed by atoms with Crippen LogP contribution in [-0.2, 0) is 29.7 Å². The normalized spacial score (nSPS) is 15.4. The zero-order chi connectivity index (χ0) is 29.5. The summed E-state index contributed by atoms with van der Waals surface area (Å²) in [4.78, 5) is 67.7. The first-order valence-electron chi connectivity index (χ1n) is 12.5. The minimum Gasteiger partial charge on any atom is -0.329 e. The summed E-state index contributed by atoms with van der Waals surface area (Å²) in [7, 11) is 1.41. The summed E-state index contributed by atoms with van der Waals surface area (Å²) in [5, 5.41) is 2.62. The molecule has 0 saturated carbocycles. The Bertz CT molecular complexity index is 1760. The SMILES string of the molecule is CC(=O)Cn1c(=O)c2c(ncn2CC(=O)Nc2cccc(-c3cnc(N4CCCC4C(F)(F)F)nc3)n2)n(C)c1=O. The Morgan fingerprint density at radius 2 is 1.83 bits per heavy atom. The maximum Gasteiger partial charge on any atom is 0.408 e. The highest BCUT2D eigenvalue weighted by Crippen LogP contribution is 2.34. The first-order valence-corrected chi connectivity index (χ1v) is 12.5. The number of carbonyl (C=O) groups excluding carboxylic acids is 2. The molecule has 1 aliphatic heterocycles. The first kappa shape index (κ1) is 27.7. The fourth-order valence-electron chi connectivity index (χ4n) is 4.75. The van der Waals surface area contributed by atoms with Gasteiger partial charge >= 0.3 is 11.9 Å². The molecule has 214 valence electrons. The number of nitrogens with zero attached hydrogens (tertiary/aromatic N) is 8. The number of hydrogen-bond donors (Lipinski definition) is 1. The van der Waals surface area contributed by atoms with E-state index in [2.05, 4.69) is 25.3 Å². The Morgan fingerprint density at radius 1 is 1.10 bits per heavy atom. The van der Waals surface area contributed by atoms with Gasteiger partial charge in [-0.2, -0.15) is 13.2 Å². The molecule has 1 unspecified atom stereocenters. The summed E-state index contributed by atoms with van der Waals surface area (Å²) in [6.07, 6.45) is -0.0155. The average Bonchev–Trinajstić information content (AvgIpc) is 3.58. The summed E-state index contributed by atoms with van der Waals surface area (Å²) in [5.74, 6) is -0.802. The lowest BCUT2D eigenvalue weighted by Crippen LogP contribution is -2.42. The van der Waals surface area contributed by atoms with E-state index in [4.69, 9.17) is 0 Å². The predicted octanol–water partition coefficient (Wildman–Crippen LogP) is 1.51. The second kappa shape index (κ2) is 10.6. The molecule has 1 atom stereocenters. The minimum atomic E-state index is -4.38. The number of fused-ring (bicyclic) bond motifs is 1. The van der Waals surface area contributed by atoms with E-state index in [9.17, 15) is 32.3 Å². The molecule has 5 rings (SSSR count). The molecule has 1 saturated heterocycles. The second-order valence-electron chi connectivity index (χ2n) is 9.60. The number of carbonyl (C=O) groups is 2. The number of nitrogens with one attached hydrogen (secondary N) is 1. The van der Waals surface area contributed by atoms with Crippen LogP contribution in [-0.4, -0.2) is 64.1 Å². The van der Waals surface area contributed by atoms with Crippen LogP contribution >= 0.6 is 0 Å². The van der Waals surface area contributed by atoms with E-state index >= 15 is 0 Å². The van der Waals surface area contributed by atoms with Crippen LogP contribution in [0.25, 0.3) is 22.4 Å². The molecule has 0 aromatic carbocycles. The van der Waals surface area contributed by atoms with Crippen LogP contribution in [0.3, 0.4) is 0 Å². The smallest absolute Gasteiger partial charge is 0.329 e. The van der Waals surface area contributed by atoms with Gasteiger partial charge in [-0.25, -0.2) is 24.7 Å². The average molecular weight is 572 g/mol. The fourth-order valence-corrected chi connectivity index (χ4v) is 4.75. The van der Waals surface area contributed by atoms with Crippen molar-refractivity contribution < 1.29 is 22.8 Å². The highest BCUT2D eigenvalue weighted by Gasteiger charge is 2.46. The number of hydrogen-bond acceptors (Lipinski definition) is 9. The Morgan fingerprint density at radius 3 is 2.51 bits per heavy atom. The zero-order valence-electron chi connectivity index (χ0n) is 21.9. The van der Waals surface area contributed by atoms with Crippen LogP contribution in [0.4, 0.5) is 24.9 Å². The van der Waals surface area contributed by atoms with E-state index in [1.807, 2.05) is 0 Å². The van der Waals surface area contributed by atoms with Crippen molar-refractivity contribution in [1.29, 1.82) is 0 Å². The summed E-state index contributed by atoms with van der Waals surface area (Å²) in [6.45, 7) is 0.695. The molecule has 1 N–H and O–H groups in total. The zero-order valence-corrected chi connectivity index (χ0v) is 21.9. The molecular weight excluding hydrogens is 547 g/mol. The van der Waals surface area contributed by atoms with Gasteiger partial charge in [0.15, 0.2) is 11.2 Å². The molecule has 0 spiro atoms. The monoisotopic (exact) mass is 571 g/mol. The van der Waals surface area contributed by atoms with Crippen LogP contribution in [0.1, 0.15) is 19.8 Å². The Hall–Kier alpha value is -4.89. The van der Waals surface area contributed by atoms with Gasteiger partial charge in [0.25, 0.3) is 5.56 Å². The lowest BCUT2D eigenvalue weighted by molar-refractivity contribution is -0.146. The maximum absolute atomic E-state index is 13.3. The molecular formula is C25H24F3N9O4. The van der Waals surface area contributed by atoms with Crippen molar-refractivity contribution >= 4 is 34.6 Å². The van der Waals surface area contributed by atoms with Gasteiger partial charge in [0.05, 0.1) is 18.6 Å². The van der Waals surface area contributed by atoms with E-state index < -0.39 is 35.9 Å². The molecule has 1 fully saturated rings. The van der Waals surface area contributed by atoms with E-state index in [0.29, 0.717) is 17.7 Å². The standard InChI is InChI=1S/C25H24F3N9O4/c1-14(38)11-37-22(40)20-21(34(2)24(37)41)31-13-35(20)12-19(39)33-18-7-3-5-16(32-18)15-9-29-23(30-10-15)36-8-4-6-17(36)25(26,27)28/h3,5,7,9-10,13,17H,4,6,8,11-12H2,1-2H3,(H,32,33,39). The second-order valence-corrected chi connectivity index (χ2v) is 9.60. The quantitative estimate of drug-likeness (QED) is 0.348. The Labute approximate surface area is 229 Å². The summed E-state index contributed by atoms with van der Waals surface area (Å²) in [5.41, 5.74) is -0.605. The Kier molecular flexibility index (Phi) is 7.15. The van der Waals surface area contributed by atoms with Crippen molar-refractivity contribution in [2.24, 2.45) is 7.05 Å². The molecule has 1 aliphatic rings. The first-order chi connectivity index (χ1) is 19.4. The van der Waals surface area contributed by atoms with Gasteiger partial charge in [-0.05, 0) is 31.9 Å². The number of Topliss-reactive ketones (excluding diaryl/α,β-unsaturated/α-hetero) is 1. The van der Waals surface area contributed by atoms with Crippen LogP contribution in [0.2, 0.25) is 0 Å². The third-order valence-electron chi connectivity index (χ3n) is 6.63. The molecule has 0 aliphatic carbocycles. The minimum absolute atomic E-state index is 0.0144. The van der Waals surface area contributed by atoms with Crippen LogP contribution in [0, 0.1) is 0 Å². The number of ketones is 1. The van der Waals surface area contributed by atoms with Crippen molar-refractivity contribution in [3.63, 3.8) is 0 Å². The van der Waals surface area contributed by atoms with Gasteiger partial charge in [-0.1, -0.05) is 6.07 Å². The van der Waals surface area contributed by atoms with Gasteiger partial charge in [0.2, 0.25) is 11.9 Å². The molecule has 0 bridgehead atoms. The van der Waals surface area contributed by atoms with Crippen LogP contribution in [0.5, 0.6) is 0 Å². The van der Waals surface area contributed by atoms with Crippen LogP contribution < -0.4 is 21.5 Å². The number of aromatic nitrogens is 7. The molecule has 1 amide bonds. The molecule has 5 heterocycles. The summed E-state index contributed by atoms with van der Waals surface area (Å²) < 4.78 is 43.1. The van der Waals surface area contributed by atoms with Gasteiger partial charge in [0, 0.05) is 31.5 Å². The fraction of sp³-hybridized carbons (Fsp3) is 0.360. The highest BCUT2D eigenvalue weighted by atomic mass is 19.4. The lowest BCUT2D eigenvalue weighted by atomic mass is 10.2. The molecule has 41 heavy (non-hydrogen) atoms. The third kappa shape index (κ3) is 5.44. The number of amides is 1. The van der Waals surface area contributed by atoms with Crippen molar-refractivity contribution in [1.82, 2.24) is 33.6 Å². The van der Waals surface area contributed by atoms with Crippen molar-refractivity contribution in [3.8, 4) is 11.3 Å². The molecule has 4 aromatic heterocycles. The van der Waals surface area contributed by atoms with E-state index in [0.717, 1.165) is 14.0 Å². The van der Waals surface area contributed by atoms with E-state index in [-0.39, 0.29) is 48.2 Å². The lowest BCUT2D eigenvalue weighted by Gasteiger charge is -2.26. The molecule has 13 nitrogen and oxygen atoms in total.